The van der Waals surface area contributed by atoms with E-state index in [1.165, 1.54) is 0 Å². The SMILES string of the molecule is CC1CN(C(=O)c2cc(Br)ccc2Br)CC1C. The summed E-state index contributed by atoms with van der Waals surface area (Å²) in [5.41, 5.74) is 0.737. The summed E-state index contributed by atoms with van der Waals surface area (Å²) in [4.78, 5) is 14.3. The number of rotatable bonds is 1. The zero-order valence-electron chi connectivity index (χ0n) is 9.91. The molecule has 2 atom stereocenters. The molecule has 4 heteroatoms. The number of nitrogens with zero attached hydrogens (tertiary/aromatic N) is 1. The van der Waals surface area contributed by atoms with Crippen molar-refractivity contribution in [1.29, 1.82) is 0 Å². The second-order valence-electron chi connectivity index (χ2n) is 4.79. The van der Waals surface area contributed by atoms with E-state index in [-0.39, 0.29) is 5.91 Å². The topological polar surface area (TPSA) is 20.3 Å². The molecule has 0 aliphatic carbocycles. The van der Waals surface area contributed by atoms with Crippen molar-refractivity contribution >= 4 is 37.8 Å². The van der Waals surface area contributed by atoms with Gasteiger partial charge in [0.1, 0.15) is 0 Å². The van der Waals surface area contributed by atoms with Gasteiger partial charge in [0, 0.05) is 22.0 Å². The highest BCUT2D eigenvalue weighted by atomic mass is 79.9. The van der Waals surface area contributed by atoms with E-state index in [1.54, 1.807) is 0 Å². The maximum Gasteiger partial charge on any atom is 0.255 e. The molecule has 1 saturated heterocycles. The third kappa shape index (κ3) is 2.74. The summed E-state index contributed by atoms with van der Waals surface area (Å²) in [7, 11) is 0. The lowest BCUT2D eigenvalue weighted by molar-refractivity contribution is 0.0784. The van der Waals surface area contributed by atoms with E-state index in [4.69, 9.17) is 0 Å². The Kier molecular flexibility index (Phi) is 3.93. The van der Waals surface area contributed by atoms with Gasteiger partial charge in [-0.15, -0.1) is 0 Å². The predicted octanol–water partition coefficient (Wildman–Crippen LogP) is 3.94. The van der Waals surface area contributed by atoms with E-state index in [1.807, 2.05) is 23.1 Å². The predicted molar refractivity (Wildman–Crippen MR) is 76.1 cm³/mol. The number of hydrogen-bond donors (Lipinski definition) is 0. The van der Waals surface area contributed by atoms with Crippen LogP contribution in [0.1, 0.15) is 24.2 Å². The Balaban J connectivity index is 2.23. The van der Waals surface area contributed by atoms with Crippen molar-refractivity contribution in [2.24, 2.45) is 11.8 Å². The van der Waals surface area contributed by atoms with Gasteiger partial charge in [0.25, 0.3) is 5.91 Å². The summed E-state index contributed by atoms with van der Waals surface area (Å²) in [6.45, 7) is 6.12. The zero-order chi connectivity index (χ0) is 12.6. The highest BCUT2D eigenvalue weighted by Gasteiger charge is 2.30. The van der Waals surface area contributed by atoms with Gasteiger partial charge in [-0.25, -0.2) is 0 Å². The van der Waals surface area contributed by atoms with Gasteiger partial charge < -0.3 is 4.90 Å². The molecule has 1 fully saturated rings. The van der Waals surface area contributed by atoms with Gasteiger partial charge in [-0.1, -0.05) is 29.8 Å². The molecule has 0 radical (unpaired) electrons. The quantitative estimate of drug-likeness (QED) is 0.742. The van der Waals surface area contributed by atoms with Crippen molar-refractivity contribution in [1.82, 2.24) is 4.90 Å². The van der Waals surface area contributed by atoms with Crippen molar-refractivity contribution in [2.45, 2.75) is 13.8 Å². The Morgan fingerprint density at radius 2 is 1.82 bits per heavy atom. The minimum Gasteiger partial charge on any atom is -0.338 e. The second-order valence-corrected chi connectivity index (χ2v) is 6.56. The lowest BCUT2D eigenvalue weighted by Gasteiger charge is -2.17. The molecular formula is C13H15Br2NO. The molecule has 92 valence electrons. The molecule has 0 aromatic heterocycles. The first-order valence-corrected chi connectivity index (χ1v) is 7.32. The average Bonchev–Trinajstić information content (AvgIpc) is 2.62. The summed E-state index contributed by atoms with van der Waals surface area (Å²) in [5, 5.41) is 0. The van der Waals surface area contributed by atoms with E-state index in [9.17, 15) is 4.79 Å². The molecule has 1 aliphatic rings. The molecule has 1 aromatic carbocycles. The van der Waals surface area contributed by atoms with Crippen molar-refractivity contribution in [2.75, 3.05) is 13.1 Å². The lowest BCUT2D eigenvalue weighted by atomic mass is 10.0. The van der Waals surface area contributed by atoms with Crippen LogP contribution in [0.15, 0.2) is 27.1 Å². The minimum absolute atomic E-state index is 0.120. The van der Waals surface area contributed by atoms with Crippen LogP contribution in [-0.2, 0) is 0 Å². The van der Waals surface area contributed by atoms with Gasteiger partial charge in [0.2, 0.25) is 0 Å². The smallest absolute Gasteiger partial charge is 0.255 e. The van der Waals surface area contributed by atoms with Gasteiger partial charge in [0.15, 0.2) is 0 Å². The molecule has 2 rings (SSSR count). The summed E-state index contributed by atoms with van der Waals surface area (Å²) < 4.78 is 1.79. The molecular weight excluding hydrogens is 346 g/mol. The molecule has 1 amide bonds. The Labute approximate surface area is 119 Å². The molecule has 2 unspecified atom stereocenters. The number of carbonyl (C=O) groups is 1. The summed E-state index contributed by atoms with van der Waals surface area (Å²) in [5.74, 6) is 1.30. The van der Waals surface area contributed by atoms with Crippen molar-refractivity contribution < 1.29 is 4.79 Å². The molecule has 0 N–H and O–H groups in total. The molecule has 17 heavy (non-hydrogen) atoms. The fourth-order valence-corrected chi connectivity index (χ4v) is 2.90. The number of hydrogen-bond acceptors (Lipinski definition) is 1. The van der Waals surface area contributed by atoms with Crippen molar-refractivity contribution in [3.05, 3.63) is 32.7 Å². The maximum atomic E-state index is 12.4. The van der Waals surface area contributed by atoms with Crippen LogP contribution < -0.4 is 0 Å². The van der Waals surface area contributed by atoms with E-state index >= 15 is 0 Å². The van der Waals surface area contributed by atoms with Crippen LogP contribution in [0.2, 0.25) is 0 Å². The Hall–Kier alpha value is -0.350. The monoisotopic (exact) mass is 359 g/mol. The number of halogens is 2. The largest absolute Gasteiger partial charge is 0.338 e. The van der Waals surface area contributed by atoms with Crippen molar-refractivity contribution in [3.63, 3.8) is 0 Å². The number of amides is 1. The first kappa shape index (κ1) is 13.1. The van der Waals surface area contributed by atoms with Crippen molar-refractivity contribution in [3.8, 4) is 0 Å². The normalized spacial score (nSPS) is 24.1. The molecule has 0 saturated carbocycles. The van der Waals surface area contributed by atoms with E-state index in [0.717, 1.165) is 27.6 Å². The summed E-state index contributed by atoms with van der Waals surface area (Å²) in [6, 6.07) is 5.70. The zero-order valence-corrected chi connectivity index (χ0v) is 13.1. The molecule has 2 nitrogen and oxygen atoms in total. The first-order chi connectivity index (χ1) is 7.99. The third-order valence-corrected chi connectivity index (χ3v) is 4.62. The highest BCUT2D eigenvalue weighted by molar-refractivity contribution is 9.11. The fourth-order valence-electron chi connectivity index (χ4n) is 2.13. The van der Waals surface area contributed by atoms with Gasteiger partial charge >= 0.3 is 0 Å². The van der Waals surface area contributed by atoms with Crippen LogP contribution in [0, 0.1) is 11.8 Å². The highest BCUT2D eigenvalue weighted by Crippen LogP contribution is 2.27. The Morgan fingerprint density at radius 3 is 2.41 bits per heavy atom. The molecule has 0 bridgehead atoms. The molecule has 0 spiro atoms. The summed E-state index contributed by atoms with van der Waals surface area (Å²) >= 11 is 6.85. The summed E-state index contributed by atoms with van der Waals surface area (Å²) in [6.07, 6.45) is 0. The minimum atomic E-state index is 0.120. The number of carbonyl (C=O) groups excluding carboxylic acids is 1. The molecule has 1 heterocycles. The number of benzene rings is 1. The standard InChI is InChI=1S/C13H15Br2NO/c1-8-6-16(7-9(8)2)13(17)11-5-10(14)3-4-12(11)15/h3-5,8-9H,6-7H2,1-2H3. The molecule has 1 aliphatic heterocycles. The van der Waals surface area contributed by atoms with Gasteiger partial charge in [0.05, 0.1) is 5.56 Å². The third-order valence-electron chi connectivity index (χ3n) is 3.43. The maximum absolute atomic E-state index is 12.4. The van der Waals surface area contributed by atoms with Crippen LogP contribution in [0.5, 0.6) is 0 Å². The van der Waals surface area contributed by atoms with Crippen LogP contribution in [0.25, 0.3) is 0 Å². The van der Waals surface area contributed by atoms with E-state index in [0.29, 0.717) is 11.8 Å². The number of likely N-dealkylation sites (tertiary alicyclic amines) is 1. The second kappa shape index (κ2) is 5.11. The van der Waals surface area contributed by atoms with Crippen LogP contribution in [-0.4, -0.2) is 23.9 Å². The van der Waals surface area contributed by atoms with Crippen LogP contribution in [0.4, 0.5) is 0 Å². The van der Waals surface area contributed by atoms with Crippen LogP contribution >= 0.6 is 31.9 Å². The Morgan fingerprint density at radius 1 is 1.24 bits per heavy atom. The van der Waals surface area contributed by atoms with Gasteiger partial charge in [-0.05, 0) is 46.0 Å². The Bertz CT molecular complexity index is 437. The van der Waals surface area contributed by atoms with Crippen LogP contribution in [0.3, 0.4) is 0 Å². The van der Waals surface area contributed by atoms with Gasteiger partial charge in [-0.2, -0.15) is 0 Å². The van der Waals surface area contributed by atoms with E-state index < -0.39 is 0 Å². The first-order valence-electron chi connectivity index (χ1n) is 5.73. The fraction of sp³-hybridized carbons (Fsp3) is 0.462. The van der Waals surface area contributed by atoms with Gasteiger partial charge in [-0.3, -0.25) is 4.79 Å². The van der Waals surface area contributed by atoms with E-state index in [2.05, 4.69) is 45.7 Å². The molecule has 1 aromatic rings. The average molecular weight is 361 g/mol. The lowest BCUT2D eigenvalue weighted by Crippen LogP contribution is -2.29.